The van der Waals surface area contributed by atoms with Crippen LogP contribution in [0.1, 0.15) is 25.0 Å². The third-order valence-corrected chi connectivity index (χ3v) is 9.79. The first-order valence-electron chi connectivity index (χ1n) is 15.2. The summed E-state index contributed by atoms with van der Waals surface area (Å²) in [7, 11) is -1.42. The van der Waals surface area contributed by atoms with Crippen molar-refractivity contribution in [3.63, 3.8) is 0 Å². The average Bonchev–Trinajstić information content (AvgIpc) is 3.08. The maximum atomic E-state index is 14.6. The van der Waals surface area contributed by atoms with E-state index in [9.17, 15) is 18.0 Å². The van der Waals surface area contributed by atoms with E-state index in [-0.39, 0.29) is 35.4 Å². The van der Waals surface area contributed by atoms with Gasteiger partial charge in [0.1, 0.15) is 12.6 Å². The van der Waals surface area contributed by atoms with E-state index in [0.717, 1.165) is 19.9 Å². The van der Waals surface area contributed by atoms with Crippen molar-refractivity contribution in [2.45, 2.75) is 37.8 Å². The number of hydrogen-bond acceptors (Lipinski definition) is 6. The summed E-state index contributed by atoms with van der Waals surface area (Å²) >= 11 is 3.46. The van der Waals surface area contributed by atoms with Gasteiger partial charge in [-0.1, -0.05) is 90.4 Å². The summed E-state index contributed by atoms with van der Waals surface area (Å²) in [6, 6.07) is 28.7. The molecule has 0 bridgehead atoms. The molecule has 4 aromatic rings. The molecule has 4 aromatic carbocycles. The lowest BCUT2D eigenvalue weighted by molar-refractivity contribution is -0.140. The van der Waals surface area contributed by atoms with Gasteiger partial charge >= 0.3 is 0 Å². The maximum absolute atomic E-state index is 14.6. The Morgan fingerprint density at radius 3 is 2.02 bits per heavy atom. The van der Waals surface area contributed by atoms with Crippen LogP contribution in [0.5, 0.6) is 11.5 Å². The lowest BCUT2D eigenvalue weighted by atomic mass is 10.0. The number of anilines is 1. The number of carbonyl (C=O) groups excluding carboxylic acids is 2. The van der Waals surface area contributed by atoms with E-state index in [1.807, 2.05) is 68.4 Å². The number of ether oxygens (including phenoxy) is 2. The molecule has 0 fully saturated rings. The number of nitrogens with one attached hydrogen (secondary N) is 1. The van der Waals surface area contributed by atoms with Crippen LogP contribution in [0.4, 0.5) is 5.69 Å². The molecular formula is C36H40BrN3O6S. The Bertz CT molecular complexity index is 1740. The molecule has 11 heteroatoms. The normalized spacial score (nSPS) is 11.9. The molecule has 4 rings (SSSR count). The predicted molar refractivity (Wildman–Crippen MR) is 187 cm³/mol. The lowest BCUT2D eigenvalue weighted by Crippen LogP contribution is -2.53. The molecule has 9 nitrogen and oxygen atoms in total. The SMILES string of the molecule is COc1ccc(S(=O)(=O)N(CC(=O)N(Cc2ccc(Br)cc2)[C@@H](Cc2ccccc2)C(=O)NCC(C)C)c2ccccc2)cc1OC. The average molecular weight is 723 g/mol. The highest BCUT2D eigenvalue weighted by atomic mass is 79.9. The van der Waals surface area contributed by atoms with Crippen LogP contribution in [0.2, 0.25) is 0 Å². The van der Waals surface area contributed by atoms with Crippen molar-refractivity contribution in [1.82, 2.24) is 10.2 Å². The van der Waals surface area contributed by atoms with E-state index in [0.29, 0.717) is 18.0 Å². The molecule has 0 radical (unpaired) electrons. The molecule has 0 saturated heterocycles. The number of benzene rings is 4. The number of para-hydroxylation sites is 1. The topological polar surface area (TPSA) is 105 Å². The standard InChI is InChI=1S/C36H40BrN3O6S/c1-26(2)23-38-36(42)32(21-27-11-7-5-8-12-27)39(24-28-15-17-29(37)18-16-28)35(41)25-40(30-13-9-6-10-14-30)47(43,44)31-19-20-33(45-3)34(22-31)46-4/h5-20,22,26,32H,21,23-25H2,1-4H3,(H,38,42)/t32-/m0/s1. The zero-order chi connectivity index (χ0) is 34.0. The Hall–Kier alpha value is -4.35. The molecule has 47 heavy (non-hydrogen) atoms. The molecule has 0 unspecified atom stereocenters. The first-order valence-corrected chi connectivity index (χ1v) is 17.4. The van der Waals surface area contributed by atoms with E-state index in [2.05, 4.69) is 21.2 Å². The van der Waals surface area contributed by atoms with Crippen LogP contribution >= 0.6 is 15.9 Å². The monoisotopic (exact) mass is 721 g/mol. The highest BCUT2D eigenvalue weighted by Gasteiger charge is 2.35. The van der Waals surface area contributed by atoms with Gasteiger partial charge in [0.2, 0.25) is 11.8 Å². The van der Waals surface area contributed by atoms with Crippen LogP contribution in [-0.2, 0) is 32.6 Å². The minimum atomic E-state index is -4.30. The number of carbonyl (C=O) groups is 2. The fraction of sp³-hybridized carbons (Fsp3) is 0.278. The largest absolute Gasteiger partial charge is 0.493 e. The summed E-state index contributed by atoms with van der Waals surface area (Å²) in [4.78, 5) is 29.8. The van der Waals surface area contributed by atoms with Gasteiger partial charge in [-0.05, 0) is 53.4 Å². The zero-order valence-electron chi connectivity index (χ0n) is 26.9. The summed E-state index contributed by atoms with van der Waals surface area (Å²) in [5.41, 5.74) is 1.94. The Morgan fingerprint density at radius 2 is 1.43 bits per heavy atom. The van der Waals surface area contributed by atoms with Crippen molar-refractivity contribution < 1.29 is 27.5 Å². The second-order valence-corrected chi connectivity index (χ2v) is 14.1. The van der Waals surface area contributed by atoms with E-state index < -0.39 is 28.5 Å². The van der Waals surface area contributed by atoms with Crippen LogP contribution in [0, 0.1) is 5.92 Å². The molecule has 0 aliphatic heterocycles. The number of nitrogens with zero attached hydrogens (tertiary/aromatic N) is 2. The Morgan fingerprint density at radius 1 is 0.809 bits per heavy atom. The number of rotatable bonds is 15. The van der Waals surface area contributed by atoms with Crippen molar-refractivity contribution in [2.75, 3.05) is 31.6 Å². The fourth-order valence-corrected chi connectivity index (χ4v) is 6.68. The van der Waals surface area contributed by atoms with Gasteiger partial charge in [0.25, 0.3) is 10.0 Å². The summed E-state index contributed by atoms with van der Waals surface area (Å²) in [6.45, 7) is 3.94. The van der Waals surface area contributed by atoms with Crippen LogP contribution < -0.4 is 19.1 Å². The molecule has 248 valence electrons. The molecular weight excluding hydrogens is 682 g/mol. The van der Waals surface area contributed by atoms with Gasteiger partial charge in [-0.25, -0.2) is 8.42 Å². The Kier molecular flexibility index (Phi) is 12.4. The molecule has 0 aliphatic rings. The minimum absolute atomic E-state index is 0.0811. The molecule has 2 amide bonds. The first-order chi connectivity index (χ1) is 22.5. The summed E-state index contributed by atoms with van der Waals surface area (Å²) in [5.74, 6) is -0.0734. The zero-order valence-corrected chi connectivity index (χ0v) is 29.3. The van der Waals surface area contributed by atoms with Gasteiger partial charge < -0.3 is 19.7 Å². The first kappa shape index (κ1) is 35.5. The molecule has 1 N–H and O–H groups in total. The quantitative estimate of drug-likeness (QED) is 0.160. The van der Waals surface area contributed by atoms with Crippen molar-refractivity contribution in [3.8, 4) is 11.5 Å². The predicted octanol–water partition coefficient (Wildman–Crippen LogP) is 6.07. The van der Waals surface area contributed by atoms with Gasteiger partial charge in [-0.3, -0.25) is 13.9 Å². The second kappa shape index (κ2) is 16.5. The minimum Gasteiger partial charge on any atom is -0.493 e. The number of methoxy groups -OCH3 is 2. The molecule has 1 atom stereocenters. The lowest BCUT2D eigenvalue weighted by Gasteiger charge is -2.34. The highest BCUT2D eigenvalue weighted by Crippen LogP contribution is 2.32. The van der Waals surface area contributed by atoms with E-state index in [4.69, 9.17) is 9.47 Å². The third-order valence-electron chi connectivity index (χ3n) is 7.49. The number of hydrogen-bond donors (Lipinski definition) is 1. The summed E-state index contributed by atoms with van der Waals surface area (Å²) in [6.07, 6.45) is 0.237. The summed E-state index contributed by atoms with van der Waals surface area (Å²) in [5, 5.41) is 3.00. The van der Waals surface area contributed by atoms with Crippen LogP contribution in [0.15, 0.2) is 112 Å². The number of halogens is 1. The van der Waals surface area contributed by atoms with Crippen LogP contribution in [0.3, 0.4) is 0 Å². The molecule has 0 heterocycles. The van der Waals surface area contributed by atoms with E-state index in [1.54, 1.807) is 30.3 Å². The van der Waals surface area contributed by atoms with E-state index >= 15 is 0 Å². The summed E-state index contributed by atoms with van der Waals surface area (Å²) < 4.78 is 41.2. The van der Waals surface area contributed by atoms with Crippen LogP contribution in [0.25, 0.3) is 0 Å². The van der Waals surface area contributed by atoms with Gasteiger partial charge in [-0.2, -0.15) is 0 Å². The molecule has 0 saturated carbocycles. The molecule has 0 spiro atoms. The molecule has 0 aliphatic carbocycles. The maximum Gasteiger partial charge on any atom is 0.264 e. The second-order valence-electron chi connectivity index (χ2n) is 11.4. The smallest absolute Gasteiger partial charge is 0.264 e. The number of amides is 2. The number of sulfonamides is 1. The van der Waals surface area contributed by atoms with Crippen molar-refractivity contribution in [1.29, 1.82) is 0 Å². The van der Waals surface area contributed by atoms with Gasteiger partial charge in [0.05, 0.1) is 24.8 Å². The Balaban J connectivity index is 1.80. The van der Waals surface area contributed by atoms with Crippen LogP contribution in [-0.4, -0.2) is 58.5 Å². The van der Waals surface area contributed by atoms with Gasteiger partial charge in [0.15, 0.2) is 11.5 Å². The third kappa shape index (κ3) is 9.36. The van der Waals surface area contributed by atoms with Gasteiger partial charge in [-0.15, -0.1) is 0 Å². The molecule has 0 aromatic heterocycles. The highest BCUT2D eigenvalue weighted by molar-refractivity contribution is 9.10. The van der Waals surface area contributed by atoms with Gasteiger partial charge in [0, 0.05) is 30.0 Å². The Labute approximate surface area is 285 Å². The van der Waals surface area contributed by atoms with Crippen molar-refractivity contribution >= 4 is 43.5 Å². The fourth-order valence-electron chi connectivity index (χ4n) is 4.99. The van der Waals surface area contributed by atoms with Crippen molar-refractivity contribution in [2.24, 2.45) is 5.92 Å². The van der Waals surface area contributed by atoms with E-state index in [1.165, 1.54) is 37.3 Å². The van der Waals surface area contributed by atoms with Crippen molar-refractivity contribution in [3.05, 3.63) is 119 Å².